The van der Waals surface area contributed by atoms with Gasteiger partial charge in [0.25, 0.3) is 0 Å². The van der Waals surface area contributed by atoms with E-state index in [4.69, 9.17) is 9.47 Å². The van der Waals surface area contributed by atoms with Gasteiger partial charge >= 0.3 is 12.1 Å². The summed E-state index contributed by atoms with van der Waals surface area (Å²) in [5.41, 5.74) is 4.11. The predicted octanol–water partition coefficient (Wildman–Crippen LogP) is 6.93. The molecule has 1 amide bonds. The zero-order valence-electron chi connectivity index (χ0n) is 26.4. The van der Waals surface area contributed by atoms with Gasteiger partial charge < -0.3 is 25.0 Å². The molecular weight excluding hydrogens is 580 g/mol. The minimum Gasteiger partial charge on any atom is -0.489 e. The minimum atomic E-state index is -1.18. The van der Waals surface area contributed by atoms with Crippen LogP contribution in [0, 0.1) is 17.2 Å². The highest BCUT2D eigenvalue weighted by atomic mass is 16.6. The predicted molar refractivity (Wildman–Crippen MR) is 176 cm³/mol. The molecule has 8 nitrogen and oxygen atoms in total. The van der Waals surface area contributed by atoms with E-state index in [0.29, 0.717) is 17.9 Å². The van der Waals surface area contributed by atoms with Gasteiger partial charge in [-0.3, -0.25) is 4.79 Å². The number of aliphatic hydroxyl groups excluding tert-OH is 1. The number of hydrogen-bond acceptors (Lipinski definition) is 6. The Morgan fingerprint density at radius 1 is 0.826 bits per heavy atom. The van der Waals surface area contributed by atoms with E-state index in [1.54, 1.807) is 32.9 Å². The maximum absolute atomic E-state index is 12.7. The summed E-state index contributed by atoms with van der Waals surface area (Å²) in [6, 6.07) is 33.3. The van der Waals surface area contributed by atoms with Gasteiger partial charge in [-0.15, -0.1) is 0 Å². The molecule has 0 bridgehead atoms. The van der Waals surface area contributed by atoms with Crippen LogP contribution in [0.1, 0.15) is 49.4 Å². The second-order valence-corrected chi connectivity index (χ2v) is 12.3. The van der Waals surface area contributed by atoms with E-state index in [1.165, 1.54) is 0 Å². The minimum absolute atomic E-state index is 0.0902. The number of hydrogen-bond donors (Lipinski definition) is 3. The summed E-state index contributed by atoms with van der Waals surface area (Å²) >= 11 is 0. The lowest BCUT2D eigenvalue weighted by Gasteiger charge is -2.28. The van der Waals surface area contributed by atoms with Gasteiger partial charge in [0.05, 0.1) is 29.7 Å². The van der Waals surface area contributed by atoms with Crippen LogP contribution in [0.25, 0.3) is 11.1 Å². The van der Waals surface area contributed by atoms with E-state index in [-0.39, 0.29) is 19.3 Å². The van der Waals surface area contributed by atoms with Crippen molar-refractivity contribution in [3.05, 3.63) is 125 Å². The quantitative estimate of drug-likeness (QED) is 0.148. The largest absolute Gasteiger partial charge is 0.489 e. The second-order valence-electron chi connectivity index (χ2n) is 12.3. The first-order valence-electron chi connectivity index (χ1n) is 15.2. The number of carbonyl (C=O) groups is 2. The smallest absolute Gasteiger partial charge is 0.407 e. The Bertz CT molecular complexity index is 1620. The summed E-state index contributed by atoms with van der Waals surface area (Å²) in [4.78, 5) is 25.1. The highest BCUT2D eigenvalue weighted by Gasteiger charge is 2.30. The van der Waals surface area contributed by atoms with Crippen molar-refractivity contribution in [3.63, 3.8) is 0 Å². The van der Waals surface area contributed by atoms with Crippen LogP contribution in [0.5, 0.6) is 5.75 Å². The Morgan fingerprint density at radius 2 is 1.43 bits per heavy atom. The molecule has 8 heteroatoms. The third-order valence-corrected chi connectivity index (χ3v) is 7.46. The third-order valence-electron chi connectivity index (χ3n) is 7.46. The van der Waals surface area contributed by atoms with Crippen LogP contribution in [0.3, 0.4) is 0 Å². The molecule has 3 atom stereocenters. The van der Waals surface area contributed by atoms with E-state index in [0.717, 1.165) is 27.8 Å². The summed E-state index contributed by atoms with van der Waals surface area (Å²) in [5, 5.41) is 33.6. The average molecular weight is 621 g/mol. The zero-order valence-corrected chi connectivity index (χ0v) is 26.4. The van der Waals surface area contributed by atoms with E-state index in [9.17, 15) is 25.1 Å². The van der Waals surface area contributed by atoms with E-state index >= 15 is 0 Å². The maximum Gasteiger partial charge on any atom is 0.407 e. The fourth-order valence-electron chi connectivity index (χ4n) is 5.12. The summed E-state index contributed by atoms with van der Waals surface area (Å²) in [6.07, 6.45) is -1.53. The van der Waals surface area contributed by atoms with Crippen molar-refractivity contribution in [2.75, 3.05) is 0 Å². The molecule has 0 fully saturated rings. The molecule has 0 saturated heterocycles. The molecule has 0 saturated carbocycles. The fourth-order valence-corrected chi connectivity index (χ4v) is 5.12. The van der Waals surface area contributed by atoms with E-state index in [2.05, 4.69) is 11.4 Å². The van der Waals surface area contributed by atoms with Gasteiger partial charge in [0, 0.05) is 0 Å². The Hall–Kier alpha value is -5.13. The number of amides is 1. The fraction of sp³-hybridized carbons (Fsp3) is 0.289. The van der Waals surface area contributed by atoms with Gasteiger partial charge in [0.2, 0.25) is 0 Å². The first-order chi connectivity index (χ1) is 22.0. The number of ether oxygens (including phenoxy) is 2. The molecule has 0 heterocycles. The van der Waals surface area contributed by atoms with Crippen molar-refractivity contribution in [2.24, 2.45) is 5.92 Å². The number of carboxylic acid groups (broad SMARTS) is 1. The van der Waals surface area contributed by atoms with Gasteiger partial charge in [-0.25, -0.2) is 4.79 Å². The van der Waals surface area contributed by atoms with Crippen LogP contribution in [0.15, 0.2) is 103 Å². The molecule has 4 aromatic rings. The van der Waals surface area contributed by atoms with Crippen molar-refractivity contribution in [3.8, 4) is 22.9 Å². The molecule has 46 heavy (non-hydrogen) atoms. The van der Waals surface area contributed by atoms with Gasteiger partial charge in [-0.05, 0) is 86.1 Å². The Balaban J connectivity index is 1.45. The number of nitrogens with zero attached hydrogens (tertiary/aromatic N) is 1. The van der Waals surface area contributed by atoms with Crippen molar-refractivity contribution < 1.29 is 29.3 Å². The van der Waals surface area contributed by atoms with Crippen molar-refractivity contribution in [1.82, 2.24) is 5.32 Å². The summed E-state index contributed by atoms with van der Waals surface area (Å²) in [5.74, 6) is -1.28. The lowest BCUT2D eigenvalue weighted by atomic mass is 9.89. The van der Waals surface area contributed by atoms with Gasteiger partial charge in [-0.1, -0.05) is 84.9 Å². The monoisotopic (exact) mass is 620 g/mol. The topological polar surface area (TPSA) is 129 Å². The van der Waals surface area contributed by atoms with Crippen LogP contribution in [0.2, 0.25) is 0 Å². The van der Waals surface area contributed by atoms with Crippen LogP contribution < -0.4 is 10.1 Å². The first kappa shape index (κ1) is 33.8. The van der Waals surface area contributed by atoms with Crippen LogP contribution in [0.4, 0.5) is 4.79 Å². The highest BCUT2D eigenvalue weighted by Crippen LogP contribution is 2.26. The molecule has 0 radical (unpaired) electrons. The number of alkyl carbamates (subject to hydrolysis) is 1. The van der Waals surface area contributed by atoms with Gasteiger partial charge in [0.15, 0.2) is 0 Å². The van der Waals surface area contributed by atoms with Crippen molar-refractivity contribution in [2.45, 2.75) is 64.4 Å². The van der Waals surface area contributed by atoms with Crippen LogP contribution in [-0.4, -0.2) is 40.0 Å². The Labute approximate surface area is 270 Å². The number of benzene rings is 4. The molecule has 0 aliphatic rings. The number of rotatable bonds is 13. The van der Waals surface area contributed by atoms with Crippen LogP contribution >= 0.6 is 0 Å². The van der Waals surface area contributed by atoms with Gasteiger partial charge in [-0.2, -0.15) is 5.26 Å². The SMILES string of the molecule is CC(C)(C)OC(=O)NC(Cc1ccc(OCc2ccccc2)cc1)C(O)CC(Cc1ccc(-c2ccccc2C#N)cc1)C(=O)O. The Morgan fingerprint density at radius 3 is 2.07 bits per heavy atom. The van der Waals surface area contributed by atoms with Crippen LogP contribution in [-0.2, 0) is 29.0 Å². The lowest BCUT2D eigenvalue weighted by molar-refractivity contribution is -0.143. The first-order valence-corrected chi connectivity index (χ1v) is 15.2. The second kappa shape index (κ2) is 15.7. The Kier molecular flexibility index (Phi) is 11.5. The summed E-state index contributed by atoms with van der Waals surface area (Å²) in [6.45, 7) is 5.67. The molecule has 4 rings (SSSR count). The average Bonchev–Trinajstić information content (AvgIpc) is 3.03. The van der Waals surface area contributed by atoms with E-state index in [1.807, 2.05) is 91.0 Å². The highest BCUT2D eigenvalue weighted by molar-refractivity contribution is 5.72. The summed E-state index contributed by atoms with van der Waals surface area (Å²) < 4.78 is 11.3. The number of nitrogens with one attached hydrogen (secondary N) is 1. The number of carboxylic acids is 1. The number of aliphatic hydroxyl groups is 1. The molecule has 238 valence electrons. The number of aliphatic carboxylic acids is 1. The van der Waals surface area contributed by atoms with E-state index < -0.39 is 35.7 Å². The number of carbonyl (C=O) groups excluding carboxylic acids is 1. The molecule has 0 spiro atoms. The van der Waals surface area contributed by atoms with Crippen molar-refractivity contribution in [1.29, 1.82) is 5.26 Å². The lowest BCUT2D eigenvalue weighted by Crippen LogP contribution is -2.47. The molecule has 3 unspecified atom stereocenters. The zero-order chi connectivity index (χ0) is 33.1. The third kappa shape index (κ3) is 10.2. The number of nitriles is 1. The molecular formula is C38H40N2O6. The molecule has 3 N–H and O–H groups in total. The van der Waals surface area contributed by atoms with Crippen molar-refractivity contribution >= 4 is 12.1 Å². The summed E-state index contributed by atoms with van der Waals surface area (Å²) in [7, 11) is 0. The standard InChI is InChI=1S/C38H40N2O6/c1-38(2,3)46-37(44)40-34(22-27-15-19-32(20-16-27)45-25-28-9-5-4-6-10-28)35(41)23-31(36(42)43)21-26-13-17-29(18-14-26)33-12-8-7-11-30(33)24-39/h4-20,31,34-35,41H,21-23,25H2,1-3H3,(H,40,44)(H,42,43). The van der Waals surface area contributed by atoms with Gasteiger partial charge in [0.1, 0.15) is 18.0 Å². The molecule has 0 aromatic heterocycles. The molecule has 0 aliphatic carbocycles. The molecule has 4 aromatic carbocycles. The maximum atomic E-state index is 12.7. The normalized spacial score (nSPS) is 13.1. The molecule has 0 aliphatic heterocycles.